The van der Waals surface area contributed by atoms with Gasteiger partial charge in [-0.1, -0.05) is 33.6 Å². The van der Waals surface area contributed by atoms with E-state index in [0.29, 0.717) is 5.02 Å². The molecule has 0 bridgehead atoms. The summed E-state index contributed by atoms with van der Waals surface area (Å²) in [6.07, 6.45) is 0. The molecule has 0 amide bonds. The molecule has 100 valence electrons. The first kappa shape index (κ1) is 14.4. The third-order valence-corrected chi connectivity index (χ3v) is 3.64. The molecule has 4 heteroatoms. The lowest BCUT2D eigenvalue weighted by atomic mass is 9.97. The molecule has 0 radical (unpaired) electrons. The van der Waals surface area contributed by atoms with Crippen LogP contribution in [0.25, 0.3) is 0 Å². The van der Waals surface area contributed by atoms with Crippen LogP contribution in [-0.2, 0) is 0 Å². The zero-order valence-corrected chi connectivity index (χ0v) is 13.1. The predicted molar refractivity (Wildman–Crippen MR) is 82.9 cm³/mol. The van der Waals surface area contributed by atoms with Crippen LogP contribution in [0.15, 0.2) is 40.9 Å². The van der Waals surface area contributed by atoms with E-state index in [0.717, 1.165) is 26.9 Å². The summed E-state index contributed by atoms with van der Waals surface area (Å²) in [5.41, 5.74) is 9.40. The Hall–Kier alpha value is -1.03. The number of hydrogen-bond acceptors (Lipinski definition) is 2. The van der Waals surface area contributed by atoms with Crippen LogP contribution >= 0.6 is 27.5 Å². The lowest BCUT2D eigenvalue weighted by Crippen LogP contribution is -2.13. The van der Waals surface area contributed by atoms with Gasteiger partial charge in [0.1, 0.15) is 5.75 Å². The Morgan fingerprint density at radius 3 is 2.58 bits per heavy atom. The molecule has 0 aliphatic heterocycles. The fourth-order valence-corrected chi connectivity index (χ4v) is 2.88. The standard InChI is InChI=1S/C15H15BrClNO/c1-9-5-10(7-11(16)6-9)15(18)13-8-12(17)3-4-14(13)19-2/h3-8,15H,18H2,1-2H3. The minimum atomic E-state index is -0.273. The first-order valence-electron chi connectivity index (χ1n) is 5.87. The number of nitrogens with two attached hydrogens (primary N) is 1. The SMILES string of the molecule is COc1ccc(Cl)cc1C(N)c1cc(C)cc(Br)c1. The van der Waals surface area contributed by atoms with Crippen molar-refractivity contribution >= 4 is 27.5 Å². The number of ether oxygens (including phenoxy) is 1. The first-order chi connectivity index (χ1) is 9.01. The summed E-state index contributed by atoms with van der Waals surface area (Å²) in [4.78, 5) is 0. The Bertz CT molecular complexity index is 580. The van der Waals surface area contributed by atoms with Crippen LogP contribution in [0.2, 0.25) is 5.02 Å². The molecule has 1 atom stereocenters. The number of halogens is 2. The largest absolute Gasteiger partial charge is 0.496 e. The maximum absolute atomic E-state index is 6.34. The molecule has 0 spiro atoms. The Labute approximate surface area is 126 Å². The molecule has 1 unspecified atom stereocenters. The van der Waals surface area contributed by atoms with Gasteiger partial charge in [-0.3, -0.25) is 0 Å². The van der Waals surface area contributed by atoms with Crippen molar-refractivity contribution in [2.75, 3.05) is 7.11 Å². The molecule has 19 heavy (non-hydrogen) atoms. The van der Waals surface area contributed by atoms with Gasteiger partial charge < -0.3 is 10.5 Å². The van der Waals surface area contributed by atoms with E-state index in [-0.39, 0.29) is 6.04 Å². The van der Waals surface area contributed by atoms with Crippen LogP contribution in [0, 0.1) is 6.92 Å². The first-order valence-corrected chi connectivity index (χ1v) is 7.04. The summed E-state index contributed by atoms with van der Waals surface area (Å²) >= 11 is 9.54. The summed E-state index contributed by atoms with van der Waals surface area (Å²) in [5.74, 6) is 0.745. The molecule has 0 aliphatic rings. The van der Waals surface area contributed by atoms with Crippen LogP contribution in [0.1, 0.15) is 22.7 Å². The molecule has 0 saturated heterocycles. The molecule has 2 rings (SSSR count). The van der Waals surface area contributed by atoms with E-state index in [4.69, 9.17) is 22.1 Å². The highest BCUT2D eigenvalue weighted by Gasteiger charge is 2.15. The van der Waals surface area contributed by atoms with Gasteiger partial charge >= 0.3 is 0 Å². The number of aryl methyl sites for hydroxylation is 1. The van der Waals surface area contributed by atoms with Crippen LogP contribution in [-0.4, -0.2) is 7.11 Å². The molecule has 2 aromatic carbocycles. The zero-order chi connectivity index (χ0) is 14.0. The quantitative estimate of drug-likeness (QED) is 0.895. The number of rotatable bonds is 3. The molecule has 0 heterocycles. The number of hydrogen-bond donors (Lipinski definition) is 1. The molecule has 2 nitrogen and oxygen atoms in total. The summed E-state index contributed by atoms with van der Waals surface area (Å²) < 4.78 is 6.37. The minimum Gasteiger partial charge on any atom is -0.496 e. The average Bonchev–Trinajstić information content (AvgIpc) is 2.36. The van der Waals surface area contributed by atoms with Gasteiger partial charge in [-0.05, 0) is 48.4 Å². The number of methoxy groups -OCH3 is 1. The van der Waals surface area contributed by atoms with Crippen molar-refractivity contribution in [3.05, 3.63) is 62.6 Å². The summed E-state index contributed by atoms with van der Waals surface area (Å²) in [6, 6.07) is 11.3. The van der Waals surface area contributed by atoms with Crippen molar-refractivity contribution in [1.82, 2.24) is 0 Å². The lowest BCUT2D eigenvalue weighted by molar-refractivity contribution is 0.408. The Balaban J connectivity index is 2.48. The monoisotopic (exact) mass is 339 g/mol. The van der Waals surface area contributed by atoms with Crippen molar-refractivity contribution in [1.29, 1.82) is 0 Å². The summed E-state index contributed by atoms with van der Waals surface area (Å²) in [7, 11) is 1.63. The second-order valence-corrected chi connectivity index (χ2v) is 5.78. The highest BCUT2D eigenvalue weighted by Crippen LogP contribution is 2.32. The van der Waals surface area contributed by atoms with E-state index >= 15 is 0 Å². The molecule has 0 aromatic heterocycles. The van der Waals surface area contributed by atoms with E-state index in [1.807, 2.05) is 31.2 Å². The Kier molecular flexibility index (Phi) is 4.50. The molecule has 0 aliphatic carbocycles. The molecule has 2 aromatic rings. The van der Waals surface area contributed by atoms with Crippen LogP contribution in [0.5, 0.6) is 5.75 Å². The second kappa shape index (κ2) is 5.95. The van der Waals surface area contributed by atoms with Crippen molar-refractivity contribution in [2.24, 2.45) is 5.73 Å². The van der Waals surface area contributed by atoms with Crippen LogP contribution in [0.3, 0.4) is 0 Å². The third kappa shape index (κ3) is 3.30. The van der Waals surface area contributed by atoms with Crippen molar-refractivity contribution < 1.29 is 4.74 Å². The normalized spacial score (nSPS) is 12.3. The molecule has 0 saturated carbocycles. The van der Waals surface area contributed by atoms with E-state index in [1.54, 1.807) is 13.2 Å². The summed E-state index contributed by atoms with van der Waals surface area (Å²) in [6.45, 7) is 2.04. The summed E-state index contributed by atoms with van der Waals surface area (Å²) in [5, 5.41) is 0.651. The van der Waals surface area contributed by atoms with Gasteiger partial charge in [-0.25, -0.2) is 0 Å². The van der Waals surface area contributed by atoms with Crippen molar-refractivity contribution in [3.63, 3.8) is 0 Å². The average molecular weight is 341 g/mol. The molecular weight excluding hydrogens is 326 g/mol. The Morgan fingerprint density at radius 2 is 1.95 bits per heavy atom. The molecule has 2 N–H and O–H groups in total. The van der Waals surface area contributed by atoms with Gasteiger partial charge in [0.15, 0.2) is 0 Å². The van der Waals surface area contributed by atoms with Crippen LogP contribution < -0.4 is 10.5 Å². The molecular formula is C15H15BrClNO. The fraction of sp³-hybridized carbons (Fsp3) is 0.200. The van der Waals surface area contributed by atoms with Gasteiger partial charge in [0.2, 0.25) is 0 Å². The maximum atomic E-state index is 6.34. The van der Waals surface area contributed by atoms with Gasteiger partial charge in [-0.2, -0.15) is 0 Å². The zero-order valence-electron chi connectivity index (χ0n) is 10.8. The van der Waals surface area contributed by atoms with E-state index in [1.165, 1.54) is 0 Å². The van der Waals surface area contributed by atoms with E-state index < -0.39 is 0 Å². The highest BCUT2D eigenvalue weighted by molar-refractivity contribution is 9.10. The minimum absolute atomic E-state index is 0.273. The maximum Gasteiger partial charge on any atom is 0.124 e. The smallest absolute Gasteiger partial charge is 0.124 e. The number of benzene rings is 2. The fourth-order valence-electron chi connectivity index (χ4n) is 2.07. The molecule has 0 fully saturated rings. The van der Waals surface area contributed by atoms with E-state index in [2.05, 4.69) is 22.0 Å². The van der Waals surface area contributed by atoms with Crippen molar-refractivity contribution in [2.45, 2.75) is 13.0 Å². The topological polar surface area (TPSA) is 35.2 Å². The van der Waals surface area contributed by atoms with Gasteiger partial charge in [0, 0.05) is 15.1 Å². The van der Waals surface area contributed by atoms with Gasteiger partial charge in [0.05, 0.1) is 13.2 Å². The van der Waals surface area contributed by atoms with E-state index in [9.17, 15) is 0 Å². The van der Waals surface area contributed by atoms with Crippen molar-refractivity contribution in [3.8, 4) is 5.75 Å². The van der Waals surface area contributed by atoms with Gasteiger partial charge in [0.25, 0.3) is 0 Å². The highest BCUT2D eigenvalue weighted by atomic mass is 79.9. The Morgan fingerprint density at radius 1 is 1.21 bits per heavy atom. The second-order valence-electron chi connectivity index (χ2n) is 4.43. The lowest BCUT2D eigenvalue weighted by Gasteiger charge is -2.17. The predicted octanol–water partition coefficient (Wildman–Crippen LogP) is 4.47. The third-order valence-electron chi connectivity index (χ3n) is 2.95. The van der Waals surface area contributed by atoms with Crippen LogP contribution in [0.4, 0.5) is 0 Å². The van der Waals surface area contributed by atoms with Gasteiger partial charge in [-0.15, -0.1) is 0 Å².